The number of anilines is 1. The van der Waals surface area contributed by atoms with Gasteiger partial charge in [0.05, 0.1) is 6.10 Å². The molecule has 3 N–H and O–H groups in total. The van der Waals surface area contributed by atoms with Crippen LogP contribution in [0.25, 0.3) is 11.1 Å². The Morgan fingerprint density at radius 1 is 1.14 bits per heavy atom. The number of nitrogens with zero attached hydrogens (tertiary/aromatic N) is 3. The van der Waals surface area contributed by atoms with Gasteiger partial charge in [0.2, 0.25) is 5.71 Å². The van der Waals surface area contributed by atoms with Gasteiger partial charge < -0.3 is 20.2 Å². The number of fused-ring (bicyclic) bond motifs is 1. The van der Waals surface area contributed by atoms with Crippen LogP contribution in [-0.2, 0) is 6.42 Å². The lowest BCUT2D eigenvalue weighted by Gasteiger charge is -2.40. The summed E-state index contributed by atoms with van der Waals surface area (Å²) in [4.78, 5) is 24.2. The summed E-state index contributed by atoms with van der Waals surface area (Å²) in [5, 5.41) is 11.2. The smallest absolute Gasteiger partial charge is 0.226 e. The molecule has 6 rings (SSSR count). The van der Waals surface area contributed by atoms with E-state index in [0.29, 0.717) is 36.3 Å². The topological polar surface area (TPSA) is 105 Å². The number of ketones is 1. The molecule has 1 aromatic carbocycles. The van der Waals surface area contributed by atoms with E-state index >= 15 is 0 Å². The summed E-state index contributed by atoms with van der Waals surface area (Å²) in [5.41, 5.74) is 10.1. The molecular weight excluding hydrogens is 452 g/mol. The van der Waals surface area contributed by atoms with Crippen molar-refractivity contribution in [2.45, 2.75) is 43.7 Å². The predicted octanol–water partition coefficient (Wildman–Crippen LogP) is 4.06. The number of carbonyl (C=O) groups excluding carboxylic acids is 1. The van der Waals surface area contributed by atoms with Crippen LogP contribution in [0.4, 0.5) is 5.69 Å². The number of furan rings is 1. The van der Waals surface area contributed by atoms with Gasteiger partial charge in [-0.25, -0.2) is 4.98 Å². The highest BCUT2D eigenvalue weighted by Crippen LogP contribution is 2.55. The second-order valence-electron chi connectivity index (χ2n) is 10.2. The summed E-state index contributed by atoms with van der Waals surface area (Å²) in [6, 6.07) is 17.8. The summed E-state index contributed by atoms with van der Waals surface area (Å²) in [6.07, 6.45) is 4.17. The van der Waals surface area contributed by atoms with Gasteiger partial charge in [0.15, 0.2) is 5.78 Å². The molecular formula is C29H30N4O3. The third kappa shape index (κ3) is 4.29. The normalized spacial score (nSPS) is 25.8. The zero-order valence-electron chi connectivity index (χ0n) is 20.2. The minimum Gasteiger partial charge on any atom is -0.442 e. The molecule has 0 unspecified atom stereocenters. The molecule has 36 heavy (non-hydrogen) atoms. The van der Waals surface area contributed by atoms with E-state index in [9.17, 15) is 9.90 Å². The van der Waals surface area contributed by atoms with Crippen molar-refractivity contribution in [3.63, 3.8) is 0 Å². The Labute approximate surface area is 210 Å². The molecule has 3 aromatic heterocycles. The van der Waals surface area contributed by atoms with E-state index in [4.69, 9.17) is 10.2 Å². The van der Waals surface area contributed by atoms with Crippen LogP contribution in [0.3, 0.4) is 0 Å². The molecule has 5 atom stereocenters. The number of piperidine rings is 1. The number of Topliss-reactive ketones (excluding diaryl/α,β-unsaturated/α-hetero) is 1. The number of benzene rings is 1. The molecule has 4 aromatic rings. The van der Waals surface area contributed by atoms with E-state index in [1.807, 2.05) is 25.1 Å². The summed E-state index contributed by atoms with van der Waals surface area (Å²) in [5.74, 6) is 1.71. The molecule has 7 heteroatoms. The number of pyridine rings is 2. The van der Waals surface area contributed by atoms with Crippen LogP contribution in [0.1, 0.15) is 52.6 Å². The molecule has 1 saturated heterocycles. The van der Waals surface area contributed by atoms with Gasteiger partial charge in [-0.1, -0.05) is 37.3 Å². The van der Waals surface area contributed by atoms with Crippen molar-refractivity contribution in [1.82, 2.24) is 9.97 Å². The quantitative estimate of drug-likeness (QED) is 0.399. The lowest BCUT2D eigenvalue weighted by molar-refractivity contribution is 0.0784. The summed E-state index contributed by atoms with van der Waals surface area (Å²) >= 11 is 0. The first-order chi connectivity index (χ1) is 17.5. The highest BCUT2D eigenvalue weighted by atomic mass is 16.3. The highest BCUT2D eigenvalue weighted by molar-refractivity contribution is 5.98. The SMILES string of the molecule is C[C@H]1CN(c2ccncc2CC(=O)c2ccc3cc([C@H]4C[C@@H]4c4ccccc4)oc3n2)C[C@@H](N)[C@@H]1O. The lowest BCUT2D eigenvalue weighted by Crippen LogP contribution is -2.55. The monoisotopic (exact) mass is 482 g/mol. The Hall–Kier alpha value is -3.55. The molecule has 0 radical (unpaired) electrons. The van der Waals surface area contributed by atoms with Crippen molar-refractivity contribution < 1.29 is 14.3 Å². The Kier molecular flexibility index (Phi) is 5.82. The minimum absolute atomic E-state index is 0.0376. The second-order valence-corrected chi connectivity index (χ2v) is 10.2. The molecule has 1 aliphatic heterocycles. The molecule has 0 spiro atoms. The van der Waals surface area contributed by atoms with E-state index in [1.54, 1.807) is 18.5 Å². The second kappa shape index (κ2) is 9.15. The van der Waals surface area contributed by atoms with Crippen molar-refractivity contribution in [1.29, 1.82) is 0 Å². The fourth-order valence-corrected chi connectivity index (χ4v) is 5.49. The van der Waals surface area contributed by atoms with Crippen LogP contribution in [0.15, 0.2) is 71.4 Å². The molecule has 0 amide bonds. The first-order valence-electron chi connectivity index (χ1n) is 12.6. The number of hydrogen-bond acceptors (Lipinski definition) is 7. The van der Waals surface area contributed by atoms with Crippen LogP contribution >= 0.6 is 0 Å². The van der Waals surface area contributed by atoms with Crippen LogP contribution in [0, 0.1) is 5.92 Å². The average Bonchev–Trinajstić information content (AvgIpc) is 3.59. The lowest BCUT2D eigenvalue weighted by atomic mass is 9.92. The molecule has 7 nitrogen and oxygen atoms in total. The predicted molar refractivity (Wildman–Crippen MR) is 138 cm³/mol. The zero-order chi connectivity index (χ0) is 24.8. The number of aromatic nitrogens is 2. The fourth-order valence-electron chi connectivity index (χ4n) is 5.49. The van der Waals surface area contributed by atoms with Gasteiger partial charge in [0.1, 0.15) is 11.5 Å². The fraction of sp³-hybridized carbons (Fsp3) is 0.345. The van der Waals surface area contributed by atoms with Gasteiger partial charge in [-0.15, -0.1) is 0 Å². The Bertz CT molecular complexity index is 1390. The van der Waals surface area contributed by atoms with Crippen molar-refractivity contribution in [2.24, 2.45) is 11.7 Å². The number of rotatable bonds is 6. The maximum absolute atomic E-state index is 13.2. The zero-order valence-corrected chi connectivity index (χ0v) is 20.2. The van der Waals surface area contributed by atoms with E-state index < -0.39 is 6.10 Å². The maximum atomic E-state index is 13.2. The van der Waals surface area contributed by atoms with Crippen molar-refractivity contribution >= 4 is 22.6 Å². The molecule has 4 heterocycles. The molecule has 1 aliphatic carbocycles. The van der Waals surface area contributed by atoms with Gasteiger partial charge >= 0.3 is 0 Å². The third-order valence-electron chi connectivity index (χ3n) is 7.60. The molecule has 2 aliphatic rings. The van der Waals surface area contributed by atoms with E-state index in [-0.39, 0.29) is 24.2 Å². The van der Waals surface area contributed by atoms with Gasteiger partial charge in [0.25, 0.3) is 0 Å². The standard InChI is InChI=1S/C29H30N4O3/c1-17-15-33(16-23(30)28(17)35)25-9-10-31-14-20(25)11-26(34)24-8-7-19-12-27(36-29(19)32-24)22-13-21(22)18-5-3-2-4-6-18/h2-10,12,14,17,21-23,28,35H,11,13,15-16,30H2,1H3/t17-,21+,22-,23+,28+/m0/s1. The van der Waals surface area contributed by atoms with E-state index in [1.165, 1.54) is 5.56 Å². The van der Waals surface area contributed by atoms with Crippen molar-refractivity contribution in [3.05, 3.63) is 89.6 Å². The molecule has 184 valence electrons. The number of aliphatic hydroxyl groups is 1. The number of carbonyl (C=O) groups is 1. The van der Waals surface area contributed by atoms with Gasteiger partial charge in [0, 0.05) is 66.4 Å². The Balaban J connectivity index is 1.20. The molecule has 2 fully saturated rings. The van der Waals surface area contributed by atoms with Crippen LogP contribution in [0.5, 0.6) is 0 Å². The van der Waals surface area contributed by atoms with Crippen LogP contribution in [0.2, 0.25) is 0 Å². The van der Waals surface area contributed by atoms with Gasteiger partial charge in [-0.3, -0.25) is 9.78 Å². The minimum atomic E-state index is -0.527. The average molecular weight is 483 g/mol. The molecule has 0 bridgehead atoms. The van der Waals surface area contributed by atoms with Crippen molar-refractivity contribution in [2.75, 3.05) is 18.0 Å². The van der Waals surface area contributed by atoms with Gasteiger partial charge in [-0.2, -0.15) is 0 Å². The first kappa shape index (κ1) is 22.9. The summed E-state index contributed by atoms with van der Waals surface area (Å²) < 4.78 is 6.12. The van der Waals surface area contributed by atoms with Crippen molar-refractivity contribution in [3.8, 4) is 0 Å². The van der Waals surface area contributed by atoms with E-state index in [2.05, 4.69) is 45.2 Å². The first-order valence-corrected chi connectivity index (χ1v) is 12.6. The Morgan fingerprint density at radius 3 is 2.78 bits per heavy atom. The number of nitrogens with two attached hydrogens (primary N) is 1. The van der Waals surface area contributed by atoms with Crippen LogP contribution < -0.4 is 10.6 Å². The summed E-state index contributed by atoms with van der Waals surface area (Å²) in [7, 11) is 0. The number of aliphatic hydroxyl groups excluding tert-OH is 1. The van der Waals surface area contributed by atoms with Crippen LogP contribution in [-0.4, -0.2) is 46.1 Å². The maximum Gasteiger partial charge on any atom is 0.226 e. The van der Waals surface area contributed by atoms with E-state index in [0.717, 1.165) is 28.8 Å². The third-order valence-corrected chi connectivity index (χ3v) is 7.60. The summed E-state index contributed by atoms with van der Waals surface area (Å²) in [6.45, 7) is 3.19. The molecule has 1 saturated carbocycles. The largest absolute Gasteiger partial charge is 0.442 e. The highest BCUT2D eigenvalue weighted by Gasteiger charge is 2.42. The van der Waals surface area contributed by atoms with Gasteiger partial charge in [-0.05, 0) is 42.2 Å². The Morgan fingerprint density at radius 2 is 1.97 bits per heavy atom. The number of hydrogen-bond donors (Lipinski definition) is 2.